The zero-order valence-corrected chi connectivity index (χ0v) is 14.5. The van der Waals surface area contributed by atoms with Crippen LogP contribution < -0.4 is 5.32 Å². The number of nitrogens with zero attached hydrogens (tertiary/aromatic N) is 2. The second kappa shape index (κ2) is 8.16. The van der Waals surface area contributed by atoms with Gasteiger partial charge in [-0.05, 0) is 37.3 Å². The highest BCUT2D eigenvalue weighted by atomic mass is 35.5. The predicted molar refractivity (Wildman–Crippen MR) is 94.4 cm³/mol. The first-order valence-electron chi connectivity index (χ1n) is 8.35. The number of hydrogen-bond acceptors (Lipinski definition) is 4. The molecule has 1 fully saturated rings. The molecule has 2 aromatic rings. The Kier molecular flexibility index (Phi) is 5.71. The predicted octanol–water partition coefficient (Wildman–Crippen LogP) is 3.60. The topological polar surface area (TPSA) is 75.4 Å². The molecule has 1 aliphatic heterocycles. The molecular formula is C18H20ClN3O3. The molecule has 0 bridgehead atoms. The number of anilines is 1. The van der Waals surface area contributed by atoms with Crippen LogP contribution in [0.2, 0.25) is 5.02 Å². The number of oxazole rings is 1. The Hall–Kier alpha value is -2.34. The first-order valence-corrected chi connectivity index (χ1v) is 8.73. The molecule has 0 aliphatic carbocycles. The van der Waals surface area contributed by atoms with Crippen LogP contribution in [0.5, 0.6) is 0 Å². The largest absolute Gasteiger partial charge is 0.438 e. The number of para-hydroxylation sites is 1. The van der Waals surface area contributed by atoms with Crippen LogP contribution in [-0.2, 0) is 4.79 Å². The second-order valence-corrected chi connectivity index (χ2v) is 6.58. The summed E-state index contributed by atoms with van der Waals surface area (Å²) >= 11 is 6.04. The molecule has 0 atom stereocenters. The van der Waals surface area contributed by atoms with Gasteiger partial charge in [0.25, 0.3) is 5.91 Å². The Bertz CT molecular complexity index is 725. The van der Waals surface area contributed by atoms with Gasteiger partial charge in [0.1, 0.15) is 0 Å². The summed E-state index contributed by atoms with van der Waals surface area (Å²) in [5.74, 6) is 0.564. The SMILES string of the molecule is O=C(CCC1CCN(C(=O)c2cnco2)CC1)Nc1ccccc1Cl. The monoisotopic (exact) mass is 361 g/mol. The zero-order valence-electron chi connectivity index (χ0n) is 13.8. The fraction of sp³-hybridized carbons (Fsp3) is 0.389. The van der Waals surface area contributed by atoms with E-state index >= 15 is 0 Å². The molecule has 1 aliphatic rings. The summed E-state index contributed by atoms with van der Waals surface area (Å²) in [4.78, 5) is 29.8. The third kappa shape index (κ3) is 4.60. The highest BCUT2D eigenvalue weighted by Crippen LogP contribution is 2.24. The lowest BCUT2D eigenvalue weighted by atomic mass is 9.92. The van der Waals surface area contributed by atoms with Crippen molar-refractivity contribution in [3.8, 4) is 0 Å². The van der Waals surface area contributed by atoms with Crippen LogP contribution in [0.4, 0.5) is 5.69 Å². The van der Waals surface area contributed by atoms with Crippen LogP contribution in [0.15, 0.2) is 41.3 Å². The molecule has 0 radical (unpaired) electrons. The molecule has 1 saturated heterocycles. The number of benzene rings is 1. The standard InChI is InChI=1S/C18H20ClN3O3/c19-14-3-1-2-4-15(14)21-17(23)6-5-13-7-9-22(10-8-13)18(24)16-11-20-12-25-16/h1-4,11-13H,5-10H2,(H,21,23). The Balaban J connectivity index is 1.41. The number of rotatable bonds is 5. The van der Waals surface area contributed by atoms with Crippen LogP contribution >= 0.6 is 11.6 Å². The van der Waals surface area contributed by atoms with Crippen molar-refractivity contribution in [3.63, 3.8) is 0 Å². The number of likely N-dealkylation sites (tertiary alicyclic amines) is 1. The molecule has 7 heteroatoms. The summed E-state index contributed by atoms with van der Waals surface area (Å²) in [7, 11) is 0. The minimum atomic E-state index is -0.118. The fourth-order valence-electron chi connectivity index (χ4n) is 3.01. The molecule has 3 rings (SSSR count). The van der Waals surface area contributed by atoms with Gasteiger partial charge in [0.15, 0.2) is 6.39 Å². The zero-order chi connectivity index (χ0) is 17.6. The van der Waals surface area contributed by atoms with E-state index in [1.165, 1.54) is 12.6 Å². The van der Waals surface area contributed by atoms with Crippen molar-refractivity contribution in [2.75, 3.05) is 18.4 Å². The summed E-state index contributed by atoms with van der Waals surface area (Å²) in [6, 6.07) is 7.20. The number of hydrogen-bond donors (Lipinski definition) is 1. The summed E-state index contributed by atoms with van der Waals surface area (Å²) in [5, 5.41) is 3.38. The van der Waals surface area contributed by atoms with Gasteiger partial charge in [0, 0.05) is 19.5 Å². The van der Waals surface area contributed by atoms with E-state index in [4.69, 9.17) is 16.0 Å². The maximum absolute atomic E-state index is 12.2. The molecule has 0 saturated carbocycles. The number of carbonyl (C=O) groups excluding carboxylic acids is 2. The molecule has 2 heterocycles. The van der Waals surface area contributed by atoms with Gasteiger partial charge in [0.05, 0.1) is 16.9 Å². The smallest absolute Gasteiger partial charge is 0.291 e. The van der Waals surface area contributed by atoms with E-state index in [1.54, 1.807) is 17.0 Å². The summed E-state index contributed by atoms with van der Waals surface area (Å²) in [6.45, 7) is 1.35. The average molecular weight is 362 g/mol. The normalized spacial score (nSPS) is 15.2. The van der Waals surface area contributed by atoms with Gasteiger partial charge in [0.2, 0.25) is 11.7 Å². The lowest BCUT2D eigenvalue weighted by Crippen LogP contribution is -2.38. The van der Waals surface area contributed by atoms with Crippen molar-refractivity contribution >= 4 is 29.1 Å². The minimum absolute atomic E-state index is 0.0340. The number of nitrogens with one attached hydrogen (secondary N) is 1. The van der Waals surface area contributed by atoms with Crippen molar-refractivity contribution in [2.45, 2.75) is 25.7 Å². The van der Waals surface area contributed by atoms with Crippen molar-refractivity contribution in [3.05, 3.63) is 47.6 Å². The molecular weight excluding hydrogens is 342 g/mol. The third-order valence-corrected chi connectivity index (χ3v) is 4.80. The van der Waals surface area contributed by atoms with E-state index in [1.807, 2.05) is 12.1 Å². The van der Waals surface area contributed by atoms with Gasteiger partial charge in [-0.1, -0.05) is 23.7 Å². The highest BCUT2D eigenvalue weighted by Gasteiger charge is 2.25. The van der Waals surface area contributed by atoms with Crippen molar-refractivity contribution in [2.24, 2.45) is 5.92 Å². The number of halogens is 1. The second-order valence-electron chi connectivity index (χ2n) is 6.17. The summed E-state index contributed by atoms with van der Waals surface area (Å²) in [5.41, 5.74) is 0.640. The minimum Gasteiger partial charge on any atom is -0.438 e. The highest BCUT2D eigenvalue weighted by molar-refractivity contribution is 6.33. The molecule has 6 nitrogen and oxygen atoms in total. The van der Waals surface area contributed by atoms with Crippen LogP contribution in [0.1, 0.15) is 36.2 Å². The molecule has 0 unspecified atom stereocenters. The van der Waals surface area contributed by atoms with E-state index in [0.29, 0.717) is 36.1 Å². The van der Waals surface area contributed by atoms with Crippen molar-refractivity contribution in [1.29, 1.82) is 0 Å². The van der Waals surface area contributed by atoms with E-state index in [-0.39, 0.29) is 17.6 Å². The van der Waals surface area contributed by atoms with Gasteiger partial charge < -0.3 is 14.6 Å². The van der Waals surface area contributed by atoms with Crippen molar-refractivity contribution in [1.82, 2.24) is 9.88 Å². The van der Waals surface area contributed by atoms with E-state index in [2.05, 4.69) is 10.3 Å². The van der Waals surface area contributed by atoms with Crippen LogP contribution in [0, 0.1) is 5.92 Å². The third-order valence-electron chi connectivity index (χ3n) is 4.47. The molecule has 132 valence electrons. The fourth-order valence-corrected chi connectivity index (χ4v) is 3.20. The number of carbonyl (C=O) groups is 2. The molecule has 1 N–H and O–H groups in total. The summed E-state index contributed by atoms with van der Waals surface area (Å²) < 4.78 is 5.05. The first-order chi connectivity index (χ1) is 12.1. The van der Waals surface area contributed by atoms with Crippen molar-refractivity contribution < 1.29 is 14.0 Å². The maximum Gasteiger partial charge on any atom is 0.291 e. The number of piperidine rings is 1. The molecule has 0 spiro atoms. The van der Waals surface area contributed by atoms with Gasteiger partial charge in [-0.25, -0.2) is 4.98 Å². The Morgan fingerprint density at radius 3 is 2.72 bits per heavy atom. The van der Waals surface area contributed by atoms with Crippen LogP contribution in [0.3, 0.4) is 0 Å². The number of aromatic nitrogens is 1. The Morgan fingerprint density at radius 2 is 2.04 bits per heavy atom. The van der Waals surface area contributed by atoms with Gasteiger partial charge >= 0.3 is 0 Å². The van der Waals surface area contributed by atoms with E-state index < -0.39 is 0 Å². The quantitative estimate of drug-likeness (QED) is 0.882. The van der Waals surface area contributed by atoms with Crippen LogP contribution in [-0.4, -0.2) is 34.8 Å². The van der Waals surface area contributed by atoms with E-state index in [9.17, 15) is 9.59 Å². The molecule has 1 aromatic carbocycles. The first kappa shape index (κ1) is 17.5. The average Bonchev–Trinajstić information content (AvgIpc) is 3.16. The van der Waals surface area contributed by atoms with Crippen LogP contribution in [0.25, 0.3) is 0 Å². The lowest BCUT2D eigenvalue weighted by molar-refractivity contribution is -0.116. The molecule has 25 heavy (non-hydrogen) atoms. The van der Waals surface area contributed by atoms with Gasteiger partial charge in [-0.2, -0.15) is 0 Å². The van der Waals surface area contributed by atoms with Gasteiger partial charge in [-0.3, -0.25) is 9.59 Å². The van der Waals surface area contributed by atoms with Gasteiger partial charge in [-0.15, -0.1) is 0 Å². The lowest BCUT2D eigenvalue weighted by Gasteiger charge is -2.31. The summed E-state index contributed by atoms with van der Waals surface area (Å²) in [6.07, 6.45) is 5.73. The Morgan fingerprint density at radius 1 is 1.28 bits per heavy atom. The Labute approximate surface area is 151 Å². The van der Waals surface area contributed by atoms with E-state index in [0.717, 1.165) is 19.3 Å². The number of amides is 2. The maximum atomic E-state index is 12.2. The molecule has 2 amide bonds. The molecule has 1 aromatic heterocycles.